The number of piperidine rings is 8. The smallest absolute Gasteiger partial charge is 0.323 e. The minimum absolute atomic E-state index is 0.0689. The van der Waals surface area contributed by atoms with Gasteiger partial charge in [0, 0.05) is 205 Å². The fourth-order valence-electron chi connectivity index (χ4n) is 27.7. The van der Waals surface area contributed by atoms with Crippen LogP contribution in [0.2, 0.25) is 0 Å². The maximum absolute atomic E-state index is 7.18. The van der Waals surface area contributed by atoms with Crippen LogP contribution in [0.3, 0.4) is 0 Å². The monoisotopic (exact) mass is 1920 g/mol. The van der Waals surface area contributed by atoms with Crippen LogP contribution >= 0.6 is 0 Å². The van der Waals surface area contributed by atoms with Crippen LogP contribution in [0, 0.1) is 23.7 Å². The minimum atomic E-state index is -0.225. The van der Waals surface area contributed by atoms with Crippen molar-refractivity contribution in [1.82, 2.24) is 102 Å². The average Bonchev–Trinajstić information content (AvgIpc) is 0.804. The van der Waals surface area contributed by atoms with Crippen LogP contribution in [0.5, 0.6) is 24.0 Å². The SMILES string of the molecule is CC1(C)CC(CCCCNc2nc(NCCN(CCN(CCNc3nc(NCCCCC4CC(C)(C)NC(C)(C)C4)nc(OC4CC(C)(C)NC(C)(C)C4)n3)c3nc(NCCCCC4CC(C)(C)NC(C)(C)C4)nc(OC4CC(C)(C)NC(C)(C)C4)n3)c3nc(NCCCCC4CC(C)(C)NC(C)(C)C4)nc(OC4CC(C)(C)NC(C)(C)C4)n3)nc(OC3CC(C)(C)NC(C)(C)C3)n2)CC(C)(C)N1. The van der Waals surface area contributed by atoms with E-state index < -0.39 is 0 Å². The zero-order chi connectivity index (χ0) is 101. The van der Waals surface area contributed by atoms with Crippen molar-refractivity contribution in [2.45, 2.75) is 514 Å². The molecule has 14 N–H and O–H groups in total. The van der Waals surface area contributed by atoms with Gasteiger partial charge in [-0.3, -0.25) is 0 Å². The molecule has 12 rings (SSSR count). The summed E-state index contributed by atoms with van der Waals surface area (Å²) in [6.45, 7) is 78.3. The number of hydrogen-bond donors (Lipinski definition) is 14. The van der Waals surface area contributed by atoms with E-state index in [1.807, 2.05) is 0 Å². The highest BCUT2D eigenvalue weighted by Crippen LogP contribution is 2.43. The highest BCUT2D eigenvalue weighted by atomic mass is 16.5. The van der Waals surface area contributed by atoms with Crippen LogP contribution in [0.25, 0.3) is 0 Å². The second-order valence-electron chi connectivity index (χ2n) is 54.4. The number of anilines is 8. The molecule has 138 heavy (non-hydrogen) atoms. The van der Waals surface area contributed by atoms with E-state index in [0.29, 0.717) is 137 Å². The molecule has 0 unspecified atom stereocenters. The molecule has 8 fully saturated rings. The Hall–Kier alpha value is -6.68. The number of rotatable bonds is 45. The topological polar surface area (TPSA) is 366 Å². The zero-order valence-corrected chi connectivity index (χ0v) is 92.4. The quantitative estimate of drug-likeness (QED) is 0.0183. The third-order valence-electron chi connectivity index (χ3n) is 29.1. The predicted molar refractivity (Wildman–Crippen MR) is 566 cm³/mol. The Morgan fingerprint density at radius 2 is 0.370 bits per heavy atom. The summed E-state index contributed by atoms with van der Waals surface area (Å²) in [6.07, 6.45) is 27.3. The summed E-state index contributed by atoms with van der Waals surface area (Å²) < 4.78 is 28.3. The van der Waals surface area contributed by atoms with Crippen LogP contribution < -0.4 is 103 Å². The lowest BCUT2D eigenvalue weighted by Gasteiger charge is -2.46. The molecule has 0 aliphatic carbocycles. The first kappa shape index (κ1) is 110. The molecule has 32 nitrogen and oxygen atoms in total. The molecule has 8 aliphatic rings. The summed E-state index contributed by atoms with van der Waals surface area (Å²) in [4.78, 5) is 67.3. The number of aromatic nitrogens is 12. The fraction of sp³-hybridized carbons (Fsp3) is 0.887. The minimum Gasteiger partial charge on any atom is -0.460 e. The molecule has 782 valence electrons. The molecule has 0 spiro atoms. The third kappa shape index (κ3) is 36.3. The lowest BCUT2D eigenvalue weighted by Crippen LogP contribution is -2.60. The highest BCUT2D eigenvalue weighted by Gasteiger charge is 2.47. The molecule has 0 bridgehead atoms. The van der Waals surface area contributed by atoms with E-state index in [0.717, 1.165) is 180 Å². The predicted octanol–water partition coefficient (Wildman–Crippen LogP) is 18.3. The number of unbranched alkanes of at least 4 members (excludes halogenated alkanes) is 4. The largest absolute Gasteiger partial charge is 0.460 e. The van der Waals surface area contributed by atoms with E-state index in [9.17, 15) is 0 Å². The molecular formula is C106H194N28O4. The Kier molecular flexibility index (Phi) is 34.9. The number of ether oxygens (including phenoxy) is 4. The normalized spacial score (nSPS) is 24.1. The summed E-state index contributed by atoms with van der Waals surface area (Å²) in [5, 5.41) is 53.3. The lowest BCUT2D eigenvalue weighted by atomic mass is 9.74. The van der Waals surface area contributed by atoms with Crippen molar-refractivity contribution in [3.05, 3.63) is 0 Å². The maximum Gasteiger partial charge on any atom is 0.323 e. The van der Waals surface area contributed by atoms with Crippen LogP contribution in [0.4, 0.5) is 47.6 Å². The molecule has 4 aromatic heterocycles. The van der Waals surface area contributed by atoms with Crippen molar-refractivity contribution in [3.8, 4) is 24.0 Å². The Morgan fingerprint density at radius 1 is 0.203 bits per heavy atom. The van der Waals surface area contributed by atoms with Gasteiger partial charge in [-0.1, -0.05) is 51.4 Å². The van der Waals surface area contributed by atoms with Gasteiger partial charge in [-0.25, -0.2) is 0 Å². The standard InChI is InChI=1S/C106H194N28O4/c1-91(2)55-71(56-92(3,4)125-91)41-33-37-45-107-79-113-81(119-87(117-79)135-75-63-99(17,18)129-100(19,20)64-75)111-49-51-133(85-115-83(109-47-39-35-43-73-59-95(9,10)127-96(11,12)60-73)121-89(123-85)137-77-67-103(25,26)131-104(27,28)68-77)53-54-134(86-116-84(110-48-40-36-44-74-61-97(13,14)128-98(15,16)62-74)122-90(124-86)138-78-69-105(29,30)132-106(31,32)70-78)52-50-112-82-114-80(108-46-38-34-42-72-57-93(5,6)126-94(7,8)58-72)118-88(120-82)136-76-65-101(21,22)130-102(23,24)66-76/h71-78,125-132H,33-70H2,1-32H3,(H,109,115,121,123)(H,110,116,122,124)(H2,107,111,113,117,119)(H2,108,112,114,118,120). The molecule has 4 aromatic rings. The van der Waals surface area contributed by atoms with Gasteiger partial charge >= 0.3 is 24.0 Å². The summed E-state index contributed by atoms with van der Waals surface area (Å²) in [6, 6.07) is 1.08. The van der Waals surface area contributed by atoms with Gasteiger partial charge in [0.1, 0.15) is 24.4 Å². The summed E-state index contributed by atoms with van der Waals surface area (Å²) in [5.41, 5.74) is -0.994. The molecule has 8 saturated heterocycles. The van der Waals surface area contributed by atoms with Gasteiger partial charge in [-0.2, -0.15) is 59.8 Å². The number of nitrogens with zero attached hydrogens (tertiary/aromatic N) is 14. The summed E-state index contributed by atoms with van der Waals surface area (Å²) >= 11 is 0. The van der Waals surface area contributed by atoms with E-state index >= 15 is 0 Å². The van der Waals surface area contributed by atoms with E-state index in [1.54, 1.807) is 0 Å². The molecule has 0 atom stereocenters. The molecule has 0 radical (unpaired) electrons. The fourth-order valence-corrected chi connectivity index (χ4v) is 27.7. The Bertz CT molecular complexity index is 4150. The Morgan fingerprint density at radius 3 is 0.565 bits per heavy atom. The second-order valence-corrected chi connectivity index (χ2v) is 54.4. The van der Waals surface area contributed by atoms with Crippen molar-refractivity contribution in [3.63, 3.8) is 0 Å². The Labute approximate surface area is 833 Å². The number of hydrogen-bond acceptors (Lipinski definition) is 32. The van der Waals surface area contributed by atoms with Crippen LogP contribution in [-0.2, 0) is 0 Å². The second kappa shape index (κ2) is 43.7. The first-order chi connectivity index (χ1) is 63.8. The van der Waals surface area contributed by atoms with Gasteiger partial charge in [0.05, 0.1) is 0 Å². The van der Waals surface area contributed by atoms with Crippen molar-refractivity contribution in [2.24, 2.45) is 23.7 Å². The van der Waals surface area contributed by atoms with Crippen LogP contribution in [0.15, 0.2) is 0 Å². The van der Waals surface area contributed by atoms with Gasteiger partial charge in [-0.15, -0.1) is 0 Å². The van der Waals surface area contributed by atoms with E-state index in [4.69, 9.17) is 78.8 Å². The highest BCUT2D eigenvalue weighted by molar-refractivity contribution is 5.44. The Balaban J connectivity index is 0.908. The van der Waals surface area contributed by atoms with Crippen LogP contribution in [-0.4, -0.2) is 238 Å². The molecule has 0 aromatic carbocycles. The van der Waals surface area contributed by atoms with Crippen LogP contribution in [0.1, 0.15) is 401 Å². The van der Waals surface area contributed by atoms with Crippen molar-refractivity contribution in [2.75, 3.05) is 107 Å². The van der Waals surface area contributed by atoms with E-state index in [1.165, 1.54) is 0 Å². The molecule has 32 heteroatoms. The molecule has 0 saturated carbocycles. The summed E-state index contributed by atoms with van der Waals surface area (Å²) in [5.74, 6) is 6.01. The first-order valence-electron chi connectivity index (χ1n) is 53.8. The van der Waals surface area contributed by atoms with Gasteiger partial charge in [-0.05, 0) is 322 Å². The summed E-state index contributed by atoms with van der Waals surface area (Å²) in [7, 11) is 0. The maximum atomic E-state index is 7.18. The van der Waals surface area contributed by atoms with Gasteiger partial charge < -0.3 is 103 Å². The molecular weight excluding hydrogens is 1730 g/mol. The van der Waals surface area contributed by atoms with Crippen molar-refractivity contribution < 1.29 is 18.9 Å². The first-order valence-corrected chi connectivity index (χ1v) is 53.8. The van der Waals surface area contributed by atoms with Crippen molar-refractivity contribution >= 4 is 47.6 Å². The molecule has 12 heterocycles. The molecule has 8 aliphatic heterocycles. The average molecular weight is 1920 g/mol. The van der Waals surface area contributed by atoms with E-state index in [2.05, 4.69) is 306 Å². The lowest BCUT2D eigenvalue weighted by molar-refractivity contribution is 0.0491. The third-order valence-corrected chi connectivity index (χ3v) is 29.1. The van der Waals surface area contributed by atoms with Gasteiger partial charge in [0.2, 0.25) is 47.6 Å². The van der Waals surface area contributed by atoms with E-state index in [-0.39, 0.29) is 137 Å². The molecule has 0 amide bonds. The van der Waals surface area contributed by atoms with Gasteiger partial charge in [0.15, 0.2) is 0 Å². The number of nitrogens with one attached hydrogen (secondary N) is 14. The zero-order valence-electron chi connectivity index (χ0n) is 92.4. The van der Waals surface area contributed by atoms with Gasteiger partial charge in [0.25, 0.3) is 0 Å². The van der Waals surface area contributed by atoms with Crippen molar-refractivity contribution in [1.29, 1.82) is 0 Å².